The maximum Gasteiger partial charge on any atom is 0.326 e. The van der Waals surface area contributed by atoms with Crippen molar-refractivity contribution >= 4 is 29.2 Å². The molecule has 0 saturated heterocycles. The second kappa shape index (κ2) is 4.02. The van der Waals surface area contributed by atoms with Crippen molar-refractivity contribution < 1.29 is 19.4 Å². The maximum absolute atomic E-state index is 11.1. The van der Waals surface area contributed by atoms with Crippen LogP contribution in [-0.2, 0) is 9.59 Å². The lowest BCUT2D eigenvalue weighted by molar-refractivity contribution is -0.136. The number of aliphatic carboxylic acids is 1. The van der Waals surface area contributed by atoms with Crippen molar-refractivity contribution in [1.82, 2.24) is 0 Å². The molecule has 0 spiro atoms. The van der Waals surface area contributed by atoms with E-state index in [0.717, 1.165) is 0 Å². The number of fused-ring (bicyclic) bond motifs is 1. The number of alkyl halides is 1. The summed E-state index contributed by atoms with van der Waals surface area (Å²) in [6, 6.07) is 4.64. The largest absolute Gasteiger partial charge is 0.482 e. The van der Waals surface area contributed by atoms with Gasteiger partial charge in [-0.1, -0.05) is 6.07 Å². The lowest BCUT2D eigenvalue weighted by atomic mass is 10.1. The third kappa shape index (κ3) is 1.94. The molecular weight excluding hydrogens is 234 g/mol. The normalized spacial score (nSPS) is 15.7. The van der Waals surface area contributed by atoms with E-state index in [1.807, 2.05) is 0 Å². The highest BCUT2D eigenvalue weighted by Crippen LogP contribution is 2.32. The number of ether oxygens (including phenoxy) is 1. The lowest BCUT2D eigenvalue weighted by Crippen LogP contribution is -2.25. The highest BCUT2D eigenvalue weighted by atomic mass is 35.5. The van der Waals surface area contributed by atoms with E-state index in [0.29, 0.717) is 17.0 Å². The van der Waals surface area contributed by atoms with Crippen molar-refractivity contribution in [2.45, 2.75) is 5.38 Å². The van der Waals surface area contributed by atoms with E-state index in [-0.39, 0.29) is 12.5 Å². The first-order chi connectivity index (χ1) is 7.58. The highest BCUT2D eigenvalue weighted by molar-refractivity contribution is 6.29. The number of hydrogen-bond acceptors (Lipinski definition) is 3. The van der Waals surface area contributed by atoms with Gasteiger partial charge in [-0.15, -0.1) is 11.6 Å². The minimum atomic E-state index is -1.14. The number of amides is 1. The molecule has 0 aromatic heterocycles. The third-order valence-corrected chi connectivity index (χ3v) is 2.58. The monoisotopic (exact) mass is 241 g/mol. The molecule has 6 heteroatoms. The average Bonchev–Trinajstić information content (AvgIpc) is 2.26. The van der Waals surface area contributed by atoms with Gasteiger partial charge in [0.1, 0.15) is 5.75 Å². The Labute approximate surface area is 96.0 Å². The van der Waals surface area contributed by atoms with Crippen LogP contribution in [0.2, 0.25) is 0 Å². The molecule has 1 atom stereocenters. The molecule has 0 saturated carbocycles. The van der Waals surface area contributed by atoms with Gasteiger partial charge in [0.25, 0.3) is 5.91 Å². The number of rotatable bonds is 2. The van der Waals surface area contributed by atoms with Crippen molar-refractivity contribution in [3.05, 3.63) is 23.8 Å². The van der Waals surface area contributed by atoms with Gasteiger partial charge in [0.15, 0.2) is 12.0 Å². The summed E-state index contributed by atoms with van der Waals surface area (Å²) < 4.78 is 5.13. The zero-order valence-corrected chi connectivity index (χ0v) is 8.82. The molecule has 1 aromatic rings. The second-order valence-electron chi connectivity index (χ2n) is 3.29. The summed E-state index contributed by atoms with van der Waals surface area (Å²) in [6.07, 6.45) is 0. The highest BCUT2D eigenvalue weighted by Gasteiger charge is 2.21. The molecule has 0 aliphatic carbocycles. The number of carbonyl (C=O) groups excluding carboxylic acids is 1. The van der Waals surface area contributed by atoms with Gasteiger partial charge < -0.3 is 15.2 Å². The second-order valence-corrected chi connectivity index (χ2v) is 3.73. The Balaban J connectivity index is 2.34. The van der Waals surface area contributed by atoms with Gasteiger partial charge in [-0.2, -0.15) is 0 Å². The molecule has 0 fully saturated rings. The van der Waals surface area contributed by atoms with Crippen LogP contribution < -0.4 is 10.1 Å². The summed E-state index contributed by atoms with van der Waals surface area (Å²) in [5, 5.41) is 10.2. The SMILES string of the molecule is O=C1COc2ccc(C(Cl)C(=O)O)cc2N1. The molecule has 1 unspecified atom stereocenters. The number of carbonyl (C=O) groups is 2. The third-order valence-electron chi connectivity index (χ3n) is 2.15. The molecule has 1 heterocycles. The van der Waals surface area contributed by atoms with Gasteiger partial charge in [-0.25, -0.2) is 0 Å². The first kappa shape index (κ1) is 10.8. The Hall–Kier alpha value is -1.75. The van der Waals surface area contributed by atoms with E-state index < -0.39 is 11.3 Å². The number of benzene rings is 1. The molecule has 2 rings (SSSR count). The Bertz CT molecular complexity index is 460. The summed E-state index contributed by atoms with van der Waals surface area (Å²) >= 11 is 5.67. The zero-order chi connectivity index (χ0) is 11.7. The maximum atomic E-state index is 11.1. The Morgan fingerprint density at radius 3 is 3.00 bits per heavy atom. The van der Waals surface area contributed by atoms with E-state index in [2.05, 4.69) is 5.32 Å². The van der Waals surface area contributed by atoms with Gasteiger partial charge in [0, 0.05) is 0 Å². The molecule has 1 aliphatic rings. The first-order valence-corrected chi connectivity index (χ1v) is 4.95. The molecule has 1 amide bonds. The van der Waals surface area contributed by atoms with E-state index in [1.165, 1.54) is 6.07 Å². The number of hydrogen-bond donors (Lipinski definition) is 2. The van der Waals surface area contributed by atoms with Crippen LogP contribution in [0.1, 0.15) is 10.9 Å². The molecule has 1 aromatic carbocycles. The fourth-order valence-electron chi connectivity index (χ4n) is 1.40. The number of carboxylic acid groups (broad SMARTS) is 1. The van der Waals surface area contributed by atoms with Crippen molar-refractivity contribution in [2.75, 3.05) is 11.9 Å². The van der Waals surface area contributed by atoms with Gasteiger partial charge in [0.2, 0.25) is 0 Å². The van der Waals surface area contributed by atoms with Crippen molar-refractivity contribution in [2.24, 2.45) is 0 Å². The van der Waals surface area contributed by atoms with Crippen LogP contribution in [0.3, 0.4) is 0 Å². The lowest BCUT2D eigenvalue weighted by Gasteiger charge is -2.18. The zero-order valence-electron chi connectivity index (χ0n) is 8.07. The smallest absolute Gasteiger partial charge is 0.326 e. The molecule has 1 aliphatic heterocycles. The minimum absolute atomic E-state index is 0.0322. The van der Waals surface area contributed by atoms with Crippen LogP contribution in [0, 0.1) is 0 Å². The van der Waals surface area contributed by atoms with Crippen LogP contribution in [0.4, 0.5) is 5.69 Å². The standard InChI is InChI=1S/C10H8ClNO4/c11-9(10(14)15)5-1-2-7-6(3-5)12-8(13)4-16-7/h1-3,9H,4H2,(H,12,13)(H,14,15). The van der Waals surface area contributed by atoms with Crippen LogP contribution in [-0.4, -0.2) is 23.6 Å². The summed E-state index contributed by atoms with van der Waals surface area (Å²) in [7, 11) is 0. The summed E-state index contributed by atoms with van der Waals surface area (Å²) in [5.41, 5.74) is 0.847. The summed E-state index contributed by atoms with van der Waals surface area (Å²) in [4.78, 5) is 21.7. The van der Waals surface area contributed by atoms with Crippen molar-refractivity contribution in [3.8, 4) is 5.75 Å². The van der Waals surface area contributed by atoms with Crippen LogP contribution in [0.5, 0.6) is 5.75 Å². The van der Waals surface area contributed by atoms with Crippen molar-refractivity contribution in [1.29, 1.82) is 0 Å². The predicted molar refractivity (Wildman–Crippen MR) is 56.8 cm³/mol. The van der Waals surface area contributed by atoms with E-state index in [4.69, 9.17) is 21.4 Å². The van der Waals surface area contributed by atoms with Gasteiger partial charge in [-0.05, 0) is 17.7 Å². The molecule has 84 valence electrons. The Morgan fingerprint density at radius 1 is 1.56 bits per heavy atom. The summed E-state index contributed by atoms with van der Waals surface area (Å²) in [5.74, 6) is -0.895. The Morgan fingerprint density at radius 2 is 2.31 bits per heavy atom. The van der Waals surface area contributed by atoms with E-state index in [9.17, 15) is 9.59 Å². The number of carboxylic acids is 1. The topological polar surface area (TPSA) is 75.6 Å². The molecule has 0 radical (unpaired) electrons. The number of halogens is 1. The molecule has 0 bridgehead atoms. The van der Waals surface area contributed by atoms with Crippen LogP contribution in [0.15, 0.2) is 18.2 Å². The predicted octanol–water partition coefficient (Wildman–Crippen LogP) is 1.38. The van der Waals surface area contributed by atoms with E-state index >= 15 is 0 Å². The first-order valence-electron chi connectivity index (χ1n) is 4.51. The molecular formula is C10H8ClNO4. The van der Waals surface area contributed by atoms with E-state index in [1.54, 1.807) is 12.1 Å². The molecule has 5 nitrogen and oxygen atoms in total. The van der Waals surface area contributed by atoms with Crippen LogP contribution >= 0.6 is 11.6 Å². The average molecular weight is 242 g/mol. The van der Waals surface area contributed by atoms with Gasteiger partial charge in [0.05, 0.1) is 5.69 Å². The number of nitrogens with one attached hydrogen (secondary N) is 1. The quantitative estimate of drug-likeness (QED) is 0.767. The fourth-order valence-corrected chi connectivity index (χ4v) is 1.54. The summed E-state index contributed by atoms with van der Waals surface area (Å²) in [6.45, 7) is -0.0322. The molecule has 16 heavy (non-hydrogen) atoms. The van der Waals surface area contributed by atoms with Gasteiger partial charge in [-0.3, -0.25) is 9.59 Å². The molecule has 2 N–H and O–H groups in total. The number of anilines is 1. The fraction of sp³-hybridized carbons (Fsp3) is 0.200. The van der Waals surface area contributed by atoms with Crippen molar-refractivity contribution in [3.63, 3.8) is 0 Å². The van der Waals surface area contributed by atoms with Gasteiger partial charge >= 0.3 is 5.97 Å². The minimum Gasteiger partial charge on any atom is -0.482 e. The Kier molecular flexibility index (Phi) is 2.70. The van der Waals surface area contributed by atoms with Crippen LogP contribution in [0.25, 0.3) is 0 Å².